The number of carbonyl (C=O) groups is 1. The van der Waals surface area contributed by atoms with E-state index in [-0.39, 0.29) is 16.5 Å². The van der Waals surface area contributed by atoms with Crippen LogP contribution in [-0.2, 0) is 10.0 Å². The number of amides is 1. The zero-order chi connectivity index (χ0) is 19.4. The van der Waals surface area contributed by atoms with Crippen molar-refractivity contribution in [2.75, 3.05) is 10.0 Å². The third kappa shape index (κ3) is 5.01. The van der Waals surface area contributed by atoms with Crippen molar-refractivity contribution in [1.82, 2.24) is 0 Å². The van der Waals surface area contributed by atoms with Crippen LogP contribution in [0.25, 0.3) is 0 Å². The van der Waals surface area contributed by atoms with Crippen LogP contribution >= 0.6 is 23.2 Å². The van der Waals surface area contributed by atoms with Gasteiger partial charge in [0.25, 0.3) is 15.9 Å². The first kappa shape index (κ1) is 19.2. The molecule has 2 N–H and O–H groups in total. The average Bonchev–Trinajstić information content (AvgIpc) is 2.61. The summed E-state index contributed by atoms with van der Waals surface area (Å²) < 4.78 is 27.4. The molecule has 0 saturated heterocycles. The smallest absolute Gasteiger partial charge is 0.261 e. The van der Waals surface area contributed by atoms with E-state index in [0.717, 1.165) is 0 Å². The van der Waals surface area contributed by atoms with Gasteiger partial charge < -0.3 is 5.32 Å². The van der Waals surface area contributed by atoms with Crippen LogP contribution in [0.3, 0.4) is 0 Å². The number of benzene rings is 3. The van der Waals surface area contributed by atoms with E-state index in [1.54, 1.807) is 24.3 Å². The Labute approximate surface area is 167 Å². The van der Waals surface area contributed by atoms with Gasteiger partial charge in [0.1, 0.15) is 0 Å². The van der Waals surface area contributed by atoms with E-state index in [0.29, 0.717) is 21.3 Å². The molecule has 8 heteroatoms. The number of sulfonamides is 1. The predicted molar refractivity (Wildman–Crippen MR) is 108 cm³/mol. The quantitative estimate of drug-likeness (QED) is 0.606. The lowest BCUT2D eigenvalue weighted by Crippen LogP contribution is -2.14. The van der Waals surface area contributed by atoms with Crippen LogP contribution in [0.1, 0.15) is 10.4 Å². The standard InChI is InChI=1S/C19H14Cl2N2O3S/c20-14-10-15(21)12-17(11-14)23-27(25,26)18-8-6-16(7-9-18)22-19(24)13-4-2-1-3-5-13/h1-12,23H,(H,22,24). The van der Waals surface area contributed by atoms with Gasteiger partial charge in [-0.1, -0.05) is 41.4 Å². The van der Waals surface area contributed by atoms with Crippen LogP contribution < -0.4 is 10.0 Å². The number of hydrogen-bond donors (Lipinski definition) is 2. The second kappa shape index (κ2) is 8.00. The number of carbonyl (C=O) groups excluding carboxylic acids is 1. The molecule has 0 unspecified atom stereocenters. The van der Waals surface area contributed by atoms with Gasteiger partial charge in [0.2, 0.25) is 0 Å². The molecule has 0 saturated carbocycles. The summed E-state index contributed by atoms with van der Waals surface area (Å²) in [6.45, 7) is 0. The topological polar surface area (TPSA) is 75.3 Å². The van der Waals surface area contributed by atoms with Crippen molar-refractivity contribution >= 4 is 50.5 Å². The Hall–Kier alpha value is -2.54. The molecule has 5 nitrogen and oxygen atoms in total. The summed E-state index contributed by atoms with van der Waals surface area (Å²) in [6.07, 6.45) is 0. The summed E-state index contributed by atoms with van der Waals surface area (Å²) in [7, 11) is -3.82. The molecule has 138 valence electrons. The zero-order valence-corrected chi connectivity index (χ0v) is 16.1. The van der Waals surface area contributed by atoms with Gasteiger partial charge in [-0.05, 0) is 54.6 Å². The minimum atomic E-state index is -3.82. The summed E-state index contributed by atoms with van der Waals surface area (Å²) in [4.78, 5) is 12.2. The molecule has 0 spiro atoms. The highest BCUT2D eigenvalue weighted by Crippen LogP contribution is 2.25. The fourth-order valence-corrected chi connectivity index (χ4v) is 3.90. The maximum atomic E-state index is 12.5. The van der Waals surface area contributed by atoms with E-state index >= 15 is 0 Å². The van der Waals surface area contributed by atoms with Gasteiger partial charge in [0.15, 0.2) is 0 Å². The van der Waals surface area contributed by atoms with Gasteiger partial charge in [0.05, 0.1) is 10.6 Å². The molecular weight excluding hydrogens is 407 g/mol. The number of halogens is 2. The molecule has 0 radical (unpaired) electrons. The van der Waals surface area contributed by atoms with Crippen molar-refractivity contribution in [1.29, 1.82) is 0 Å². The number of rotatable bonds is 5. The maximum Gasteiger partial charge on any atom is 0.261 e. The molecule has 0 fully saturated rings. The van der Waals surface area contributed by atoms with E-state index in [4.69, 9.17) is 23.2 Å². The van der Waals surface area contributed by atoms with Crippen LogP contribution in [0, 0.1) is 0 Å². The lowest BCUT2D eigenvalue weighted by molar-refractivity contribution is 0.102. The van der Waals surface area contributed by atoms with Crippen molar-refractivity contribution in [2.45, 2.75) is 4.90 Å². The summed E-state index contributed by atoms with van der Waals surface area (Å²) in [5.41, 5.74) is 1.25. The van der Waals surface area contributed by atoms with Gasteiger partial charge >= 0.3 is 0 Å². The molecule has 27 heavy (non-hydrogen) atoms. The molecule has 0 aromatic heterocycles. The predicted octanol–water partition coefficient (Wildman–Crippen LogP) is 5.05. The highest BCUT2D eigenvalue weighted by Gasteiger charge is 2.15. The molecule has 0 aliphatic rings. The molecule has 3 aromatic carbocycles. The number of nitrogens with one attached hydrogen (secondary N) is 2. The molecule has 3 aromatic rings. The normalized spacial score (nSPS) is 11.0. The van der Waals surface area contributed by atoms with Crippen LogP contribution in [-0.4, -0.2) is 14.3 Å². The molecule has 0 heterocycles. The third-order valence-corrected chi connectivity index (χ3v) is 5.41. The van der Waals surface area contributed by atoms with Gasteiger partial charge in [-0.15, -0.1) is 0 Å². The van der Waals surface area contributed by atoms with E-state index in [1.807, 2.05) is 6.07 Å². The van der Waals surface area contributed by atoms with Gasteiger partial charge in [-0.25, -0.2) is 8.42 Å². The molecule has 0 aliphatic heterocycles. The van der Waals surface area contributed by atoms with E-state index in [9.17, 15) is 13.2 Å². The van der Waals surface area contributed by atoms with Crippen molar-refractivity contribution in [2.24, 2.45) is 0 Å². The second-order valence-electron chi connectivity index (χ2n) is 5.61. The summed E-state index contributed by atoms with van der Waals surface area (Å²) in [6, 6.07) is 19.0. The van der Waals surface area contributed by atoms with E-state index in [2.05, 4.69) is 10.0 Å². The molecule has 0 bridgehead atoms. The maximum absolute atomic E-state index is 12.5. The molecule has 1 amide bonds. The summed E-state index contributed by atoms with van der Waals surface area (Å²) >= 11 is 11.8. The average molecular weight is 421 g/mol. The first-order valence-corrected chi connectivity index (χ1v) is 10.0. The molecular formula is C19H14Cl2N2O3S. The Morgan fingerprint density at radius 3 is 1.96 bits per heavy atom. The Bertz CT molecular complexity index is 1050. The van der Waals surface area contributed by atoms with Crippen LogP contribution in [0.4, 0.5) is 11.4 Å². The van der Waals surface area contributed by atoms with E-state index < -0.39 is 10.0 Å². The minimum Gasteiger partial charge on any atom is -0.322 e. The van der Waals surface area contributed by atoms with Crippen molar-refractivity contribution in [3.63, 3.8) is 0 Å². The van der Waals surface area contributed by atoms with E-state index in [1.165, 1.54) is 42.5 Å². The third-order valence-electron chi connectivity index (χ3n) is 3.57. The Morgan fingerprint density at radius 2 is 1.37 bits per heavy atom. The summed E-state index contributed by atoms with van der Waals surface area (Å²) in [5.74, 6) is -0.280. The zero-order valence-electron chi connectivity index (χ0n) is 13.8. The van der Waals surface area contributed by atoms with Crippen LogP contribution in [0.5, 0.6) is 0 Å². The number of hydrogen-bond acceptors (Lipinski definition) is 3. The molecule has 3 rings (SSSR count). The minimum absolute atomic E-state index is 0.0382. The van der Waals surface area contributed by atoms with Crippen LogP contribution in [0.15, 0.2) is 77.7 Å². The lowest BCUT2D eigenvalue weighted by Gasteiger charge is -2.10. The number of anilines is 2. The second-order valence-corrected chi connectivity index (χ2v) is 8.16. The highest BCUT2D eigenvalue weighted by molar-refractivity contribution is 7.92. The van der Waals surface area contributed by atoms with Gasteiger partial charge in [0, 0.05) is 21.3 Å². The molecule has 0 aliphatic carbocycles. The summed E-state index contributed by atoms with van der Waals surface area (Å²) in [5, 5.41) is 3.35. The van der Waals surface area contributed by atoms with Crippen LogP contribution in [0.2, 0.25) is 10.0 Å². The first-order chi connectivity index (χ1) is 12.8. The Kier molecular flexibility index (Phi) is 5.70. The van der Waals surface area contributed by atoms with Crippen molar-refractivity contribution < 1.29 is 13.2 Å². The fraction of sp³-hybridized carbons (Fsp3) is 0. The van der Waals surface area contributed by atoms with Gasteiger partial charge in [-0.2, -0.15) is 0 Å². The van der Waals surface area contributed by atoms with Gasteiger partial charge in [-0.3, -0.25) is 9.52 Å². The Morgan fingerprint density at radius 1 is 0.778 bits per heavy atom. The fourth-order valence-electron chi connectivity index (χ4n) is 2.34. The molecule has 0 atom stereocenters. The first-order valence-electron chi connectivity index (χ1n) is 7.79. The Balaban J connectivity index is 1.75. The van der Waals surface area contributed by atoms with Crippen molar-refractivity contribution in [3.8, 4) is 0 Å². The monoisotopic (exact) mass is 420 g/mol. The SMILES string of the molecule is O=C(Nc1ccc(S(=O)(=O)Nc2cc(Cl)cc(Cl)c2)cc1)c1ccccc1. The largest absolute Gasteiger partial charge is 0.322 e. The lowest BCUT2D eigenvalue weighted by atomic mass is 10.2. The highest BCUT2D eigenvalue weighted by atomic mass is 35.5. The van der Waals surface area contributed by atoms with Crippen molar-refractivity contribution in [3.05, 3.63) is 88.4 Å².